The Morgan fingerprint density at radius 2 is 2.00 bits per heavy atom. The topological polar surface area (TPSA) is 57.5 Å². The molecule has 1 aliphatic rings. The van der Waals surface area contributed by atoms with Gasteiger partial charge in [0.15, 0.2) is 0 Å². The number of aliphatic carboxylic acids is 1. The van der Waals surface area contributed by atoms with Gasteiger partial charge in [0.2, 0.25) is 0 Å². The maximum absolute atomic E-state index is 11.9. The molecule has 5 heteroatoms. The van der Waals surface area contributed by atoms with E-state index in [1.807, 2.05) is 0 Å². The van der Waals surface area contributed by atoms with Crippen molar-refractivity contribution in [3.8, 4) is 0 Å². The summed E-state index contributed by atoms with van der Waals surface area (Å²) in [5.41, 5.74) is -2.04. The van der Waals surface area contributed by atoms with Gasteiger partial charge in [0.05, 0.1) is 5.92 Å². The fourth-order valence-corrected chi connectivity index (χ4v) is 1.15. The fourth-order valence-electron chi connectivity index (χ4n) is 1.15. The van der Waals surface area contributed by atoms with Gasteiger partial charge in [-0.1, -0.05) is 0 Å². The number of hydrogen-bond donors (Lipinski definition) is 2. The van der Waals surface area contributed by atoms with Crippen molar-refractivity contribution < 1.29 is 23.8 Å². The lowest BCUT2D eigenvalue weighted by atomic mass is 9.71. The number of hydrogen-bond acceptors (Lipinski definition) is 2. The standard InChI is InChI=1S/C6H8F2O3/c7-5(8)6(11)1-3(2-6)4(9)10/h3,5,11H,1-2H2,(H,9,10). The van der Waals surface area contributed by atoms with E-state index in [1.165, 1.54) is 0 Å². The average Bonchev–Trinajstić information content (AvgIpc) is 1.79. The Morgan fingerprint density at radius 1 is 1.55 bits per heavy atom. The van der Waals surface area contributed by atoms with Crippen molar-refractivity contribution in [2.24, 2.45) is 5.92 Å². The second kappa shape index (κ2) is 2.41. The summed E-state index contributed by atoms with van der Waals surface area (Å²) in [6.07, 6.45) is -3.50. The summed E-state index contributed by atoms with van der Waals surface area (Å²) in [6, 6.07) is 0. The predicted octanol–water partition coefficient (Wildman–Crippen LogP) is 0.477. The van der Waals surface area contributed by atoms with Crippen LogP contribution in [0.5, 0.6) is 0 Å². The Kier molecular flexibility index (Phi) is 1.83. The molecule has 0 unspecified atom stereocenters. The van der Waals surface area contributed by atoms with Gasteiger partial charge in [0.25, 0.3) is 6.43 Å². The minimum atomic E-state index is -2.84. The van der Waals surface area contributed by atoms with Crippen LogP contribution in [-0.4, -0.2) is 28.2 Å². The highest BCUT2D eigenvalue weighted by molar-refractivity contribution is 5.71. The van der Waals surface area contributed by atoms with E-state index in [0.29, 0.717) is 0 Å². The highest BCUT2D eigenvalue weighted by Crippen LogP contribution is 2.41. The maximum Gasteiger partial charge on any atom is 0.306 e. The summed E-state index contributed by atoms with van der Waals surface area (Å²) < 4.78 is 23.7. The Balaban J connectivity index is 2.44. The molecule has 2 N–H and O–H groups in total. The third-order valence-corrected chi connectivity index (χ3v) is 1.96. The summed E-state index contributed by atoms with van der Waals surface area (Å²) in [5, 5.41) is 17.2. The smallest absolute Gasteiger partial charge is 0.306 e. The molecule has 0 spiro atoms. The molecule has 0 aliphatic heterocycles. The molecule has 0 aromatic carbocycles. The molecule has 0 atom stereocenters. The SMILES string of the molecule is O=C(O)C1CC(O)(C(F)F)C1. The first-order chi connectivity index (χ1) is 4.96. The number of alkyl halides is 2. The summed E-state index contributed by atoms with van der Waals surface area (Å²) in [7, 11) is 0. The zero-order valence-electron chi connectivity index (χ0n) is 5.63. The molecule has 0 saturated heterocycles. The van der Waals surface area contributed by atoms with Crippen LogP contribution in [0.3, 0.4) is 0 Å². The van der Waals surface area contributed by atoms with Crippen LogP contribution >= 0.6 is 0 Å². The fraction of sp³-hybridized carbons (Fsp3) is 0.833. The molecule has 3 nitrogen and oxygen atoms in total. The number of rotatable bonds is 2. The molecule has 0 amide bonds. The minimum absolute atomic E-state index is 0.333. The van der Waals surface area contributed by atoms with Gasteiger partial charge in [-0.15, -0.1) is 0 Å². The van der Waals surface area contributed by atoms with Gasteiger partial charge in [0.1, 0.15) is 5.60 Å². The van der Waals surface area contributed by atoms with Crippen molar-refractivity contribution in [1.82, 2.24) is 0 Å². The van der Waals surface area contributed by atoms with E-state index < -0.39 is 23.9 Å². The van der Waals surface area contributed by atoms with E-state index in [-0.39, 0.29) is 12.8 Å². The van der Waals surface area contributed by atoms with Gasteiger partial charge in [0, 0.05) is 0 Å². The van der Waals surface area contributed by atoms with Crippen LogP contribution in [0.15, 0.2) is 0 Å². The van der Waals surface area contributed by atoms with Crippen molar-refractivity contribution in [1.29, 1.82) is 0 Å². The molecule has 0 bridgehead atoms. The molecule has 1 aliphatic carbocycles. The van der Waals surface area contributed by atoms with Crippen LogP contribution in [0.4, 0.5) is 8.78 Å². The number of carbonyl (C=O) groups is 1. The van der Waals surface area contributed by atoms with E-state index in [0.717, 1.165) is 0 Å². The highest BCUT2D eigenvalue weighted by Gasteiger charge is 2.52. The largest absolute Gasteiger partial charge is 0.481 e. The summed E-state index contributed by atoms with van der Waals surface area (Å²) >= 11 is 0. The van der Waals surface area contributed by atoms with Gasteiger partial charge >= 0.3 is 5.97 Å². The highest BCUT2D eigenvalue weighted by atomic mass is 19.3. The molecule has 1 saturated carbocycles. The average molecular weight is 166 g/mol. The van der Waals surface area contributed by atoms with Gasteiger partial charge in [-0.2, -0.15) is 0 Å². The van der Waals surface area contributed by atoms with E-state index >= 15 is 0 Å². The zero-order chi connectivity index (χ0) is 8.65. The van der Waals surface area contributed by atoms with Crippen molar-refractivity contribution in [3.63, 3.8) is 0 Å². The first kappa shape index (κ1) is 8.39. The third kappa shape index (κ3) is 1.33. The van der Waals surface area contributed by atoms with Crippen molar-refractivity contribution >= 4 is 5.97 Å². The minimum Gasteiger partial charge on any atom is -0.481 e. The van der Waals surface area contributed by atoms with E-state index in [2.05, 4.69) is 0 Å². The molecule has 0 aromatic heterocycles. The predicted molar refractivity (Wildman–Crippen MR) is 31.3 cm³/mol. The van der Waals surface area contributed by atoms with Crippen LogP contribution in [0, 0.1) is 5.92 Å². The molecular formula is C6H8F2O3. The van der Waals surface area contributed by atoms with Gasteiger partial charge in [-0.25, -0.2) is 8.78 Å². The van der Waals surface area contributed by atoms with Crippen LogP contribution in [0.25, 0.3) is 0 Å². The molecule has 1 fully saturated rings. The van der Waals surface area contributed by atoms with Crippen LogP contribution in [0.2, 0.25) is 0 Å². The molecule has 11 heavy (non-hydrogen) atoms. The lowest BCUT2D eigenvalue weighted by Crippen LogP contribution is -2.52. The summed E-state index contributed by atoms with van der Waals surface area (Å²) in [6.45, 7) is 0. The quantitative estimate of drug-likeness (QED) is 0.627. The van der Waals surface area contributed by atoms with Crippen LogP contribution in [0.1, 0.15) is 12.8 Å². The van der Waals surface area contributed by atoms with E-state index in [1.54, 1.807) is 0 Å². The molecule has 1 rings (SSSR count). The second-order valence-corrected chi connectivity index (χ2v) is 2.85. The van der Waals surface area contributed by atoms with Crippen LogP contribution < -0.4 is 0 Å². The summed E-state index contributed by atoms with van der Waals surface area (Å²) in [5.74, 6) is -1.91. The second-order valence-electron chi connectivity index (χ2n) is 2.85. The Bertz CT molecular complexity index is 175. The molecular weight excluding hydrogens is 158 g/mol. The van der Waals surface area contributed by atoms with E-state index in [9.17, 15) is 13.6 Å². The van der Waals surface area contributed by atoms with Crippen molar-refractivity contribution in [2.45, 2.75) is 24.9 Å². The normalized spacial score (nSPS) is 36.9. The molecule has 0 aromatic rings. The van der Waals surface area contributed by atoms with Gasteiger partial charge in [-0.3, -0.25) is 4.79 Å². The lowest BCUT2D eigenvalue weighted by molar-refractivity contribution is -0.185. The van der Waals surface area contributed by atoms with Crippen molar-refractivity contribution in [2.75, 3.05) is 0 Å². The maximum atomic E-state index is 11.9. The molecule has 0 radical (unpaired) electrons. The number of halogens is 2. The van der Waals surface area contributed by atoms with Gasteiger partial charge < -0.3 is 10.2 Å². The third-order valence-electron chi connectivity index (χ3n) is 1.96. The number of carboxylic acids is 1. The lowest BCUT2D eigenvalue weighted by Gasteiger charge is -2.40. The molecule has 64 valence electrons. The van der Waals surface area contributed by atoms with Gasteiger partial charge in [-0.05, 0) is 12.8 Å². The Morgan fingerprint density at radius 3 is 2.27 bits per heavy atom. The first-order valence-electron chi connectivity index (χ1n) is 3.19. The number of carboxylic acid groups (broad SMARTS) is 1. The first-order valence-corrected chi connectivity index (χ1v) is 3.19. The monoisotopic (exact) mass is 166 g/mol. The Hall–Kier alpha value is -0.710. The summed E-state index contributed by atoms with van der Waals surface area (Å²) in [4.78, 5) is 10.1. The molecule has 0 heterocycles. The zero-order valence-corrected chi connectivity index (χ0v) is 5.63. The number of aliphatic hydroxyl groups is 1. The van der Waals surface area contributed by atoms with Crippen LogP contribution in [-0.2, 0) is 4.79 Å². The van der Waals surface area contributed by atoms with E-state index in [4.69, 9.17) is 10.2 Å². The Labute approximate surface area is 61.6 Å². The van der Waals surface area contributed by atoms with Crippen molar-refractivity contribution in [3.05, 3.63) is 0 Å².